The summed E-state index contributed by atoms with van der Waals surface area (Å²) in [4.78, 5) is 22.7. The summed E-state index contributed by atoms with van der Waals surface area (Å²) in [6.45, 7) is 0. The molecular formula is C25H21N5O2S2. The summed E-state index contributed by atoms with van der Waals surface area (Å²) in [6.07, 6.45) is 3.15. The van der Waals surface area contributed by atoms with Gasteiger partial charge in [-0.15, -0.1) is 21.5 Å². The number of aromatic amines is 1. The van der Waals surface area contributed by atoms with Gasteiger partial charge in [0.15, 0.2) is 11.0 Å². The predicted molar refractivity (Wildman–Crippen MR) is 135 cm³/mol. The lowest BCUT2D eigenvalue weighted by molar-refractivity contribution is 0.415. The van der Waals surface area contributed by atoms with E-state index in [0.29, 0.717) is 11.6 Å². The molecule has 7 nitrogen and oxygen atoms in total. The van der Waals surface area contributed by atoms with E-state index in [1.54, 1.807) is 18.4 Å². The Kier molecular flexibility index (Phi) is 5.43. The minimum absolute atomic E-state index is 0.0402. The van der Waals surface area contributed by atoms with Crippen LogP contribution >= 0.6 is 23.1 Å². The second kappa shape index (κ2) is 8.73. The predicted octanol–water partition coefficient (Wildman–Crippen LogP) is 5.02. The second-order valence-electron chi connectivity index (χ2n) is 8.05. The maximum absolute atomic E-state index is 12.8. The molecule has 0 fully saturated rings. The number of para-hydroxylation sites is 1. The van der Waals surface area contributed by atoms with Crippen molar-refractivity contribution in [2.75, 3.05) is 7.11 Å². The Balaban J connectivity index is 1.36. The molecule has 0 aliphatic heterocycles. The van der Waals surface area contributed by atoms with E-state index < -0.39 is 0 Å². The first-order valence-corrected chi connectivity index (χ1v) is 12.8. The Morgan fingerprint density at radius 3 is 2.85 bits per heavy atom. The van der Waals surface area contributed by atoms with Crippen molar-refractivity contribution < 1.29 is 4.74 Å². The fourth-order valence-corrected chi connectivity index (χ4v) is 6.47. The molecule has 0 unspecified atom stereocenters. The van der Waals surface area contributed by atoms with Crippen LogP contribution in [-0.4, -0.2) is 31.8 Å². The van der Waals surface area contributed by atoms with Crippen LogP contribution in [0, 0.1) is 0 Å². The van der Waals surface area contributed by atoms with Gasteiger partial charge in [-0.2, -0.15) is 0 Å². The largest absolute Gasteiger partial charge is 0.497 e. The highest BCUT2D eigenvalue weighted by atomic mass is 32.2. The van der Waals surface area contributed by atoms with Gasteiger partial charge in [-0.3, -0.25) is 9.36 Å². The summed E-state index contributed by atoms with van der Waals surface area (Å²) in [6, 6.07) is 17.8. The van der Waals surface area contributed by atoms with E-state index in [0.717, 1.165) is 57.5 Å². The third-order valence-electron chi connectivity index (χ3n) is 5.94. The van der Waals surface area contributed by atoms with Crippen molar-refractivity contribution >= 4 is 33.3 Å². The monoisotopic (exact) mass is 487 g/mol. The number of nitrogens with one attached hydrogen (secondary N) is 1. The number of ether oxygens (including phenoxy) is 1. The third-order valence-corrected chi connectivity index (χ3v) is 8.06. The molecular weight excluding hydrogens is 466 g/mol. The molecule has 34 heavy (non-hydrogen) atoms. The van der Waals surface area contributed by atoms with Gasteiger partial charge in [-0.25, -0.2) is 4.98 Å². The number of rotatable bonds is 6. The molecule has 1 aliphatic rings. The number of hydrogen-bond acceptors (Lipinski definition) is 7. The lowest BCUT2D eigenvalue weighted by atomic mass is 10.2. The van der Waals surface area contributed by atoms with E-state index in [1.165, 1.54) is 22.2 Å². The molecule has 0 bridgehead atoms. The minimum atomic E-state index is -0.0402. The molecule has 3 heterocycles. The molecule has 0 amide bonds. The van der Waals surface area contributed by atoms with Crippen molar-refractivity contribution in [3.8, 4) is 22.8 Å². The van der Waals surface area contributed by atoms with Gasteiger partial charge in [0.1, 0.15) is 16.4 Å². The zero-order chi connectivity index (χ0) is 23.1. The Hall–Kier alpha value is -3.43. The first kappa shape index (κ1) is 21.1. The van der Waals surface area contributed by atoms with Gasteiger partial charge in [0.2, 0.25) is 0 Å². The molecule has 3 aromatic heterocycles. The molecule has 5 aromatic rings. The van der Waals surface area contributed by atoms with E-state index in [-0.39, 0.29) is 5.56 Å². The molecule has 9 heteroatoms. The van der Waals surface area contributed by atoms with Crippen LogP contribution in [0.15, 0.2) is 64.5 Å². The SMILES string of the molecule is COc1cccc(-c2nnc(SCc3nc4sc5c(c4c(=O)[nH]3)CCC5)n2-c2ccccc2)c1. The molecule has 1 aliphatic carbocycles. The van der Waals surface area contributed by atoms with E-state index in [4.69, 9.17) is 9.72 Å². The van der Waals surface area contributed by atoms with Crippen LogP contribution in [0.3, 0.4) is 0 Å². The van der Waals surface area contributed by atoms with Crippen LogP contribution in [0.2, 0.25) is 0 Å². The topological polar surface area (TPSA) is 85.7 Å². The normalized spacial score (nSPS) is 12.9. The lowest BCUT2D eigenvalue weighted by Crippen LogP contribution is -2.11. The van der Waals surface area contributed by atoms with Crippen LogP contribution in [0.1, 0.15) is 22.7 Å². The number of hydrogen-bond donors (Lipinski definition) is 1. The van der Waals surface area contributed by atoms with Crippen LogP contribution in [-0.2, 0) is 18.6 Å². The number of aromatic nitrogens is 5. The number of nitrogens with zero attached hydrogens (tertiary/aromatic N) is 4. The molecule has 0 radical (unpaired) electrons. The van der Waals surface area contributed by atoms with Gasteiger partial charge < -0.3 is 9.72 Å². The van der Waals surface area contributed by atoms with E-state index in [9.17, 15) is 4.79 Å². The quantitative estimate of drug-likeness (QED) is 0.339. The minimum Gasteiger partial charge on any atom is -0.497 e. The highest BCUT2D eigenvalue weighted by molar-refractivity contribution is 7.98. The molecule has 0 atom stereocenters. The van der Waals surface area contributed by atoms with Gasteiger partial charge in [0.05, 0.1) is 18.2 Å². The average molecular weight is 488 g/mol. The summed E-state index contributed by atoms with van der Waals surface area (Å²) in [5.74, 6) is 2.61. The van der Waals surface area contributed by atoms with Gasteiger partial charge in [0.25, 0.3) is 5.56 Å². The molecule has 0 saturated heterocycles. The Morgan fingerprint density at radius 1 is 1.12 bits per heavy atom. The van der Waals surface area contributed by atoms with Crippen LogP contribution < -0.4 is 10.3 Å². The lowest BCUT2D eigenvalue weighted by Gasteiger charge is -2.11. The van der Waals surface area contributed by atoms with Gasteiger partial charge in [-0.1, -0.05) is 42.1 Å². The molecule has 0 spiro atoms. The fraction of sp³-hybridized carbons (Fsp3) is 0.200. The molecule has 2 aromatic carbocycles. The first-order chi connectivity index (χ1) is 16.7. The zero-order valence-electron chi connectivity index (χ0n) is 18.4. The summed E-state index contributed by atoms with van der Waals surface area (Å²) in [5.41, 5.74) is 3.02. The summed E-state index contributed by atoms with van der Waals surface area (Å²) in [7, 11) is 1.65. The van der Waals surface area contributed by atoms with Crippen LogP contribution in [0.5, 0.6) is 5.75 Å². The second-order valence-corrected chi connectivity index (χ2v) is 10.1. The maximum Gasteiger partial charge on any atom is 0.259 e. The number of H-pyrrole nitrogens is 1. The van der Waals surface area contributed by atoms with E-state index in [1.807, 2.05) is 59.2 Å². The van der Waals surface area contributed by atoms with E-state index >= 15 is 0 Å². The highest BCUT2D eigenvalue weighted by Crippen LogP contribution is 2.35. The fourth-order valence-electron chi connectivity index (χ4n) is 4.37. The number of methoxy groups -OCH3 is 1. The summed E-state index contributed by atoms with van der Waals surface area (Å²) >= 11 is 3.15. The standard InChI is InChI=1S/C25H21N5O2S2/c1-32-17-10-5-7-15(13-17)22-28-29-25(30(22)16-8-3-2-4-9-16)33-14-20-26-23(31)21-18-11-6-12-19(18)34-24(21)27-20/h2-5,7-10,13H,6,11-12,14H2,1H3,(H,26,27,31). The van der Waals surface area contributed by atoms with Crippen molar-refractivity contribution in [2.45, 2.75) is 30.2 Å². The summed E-state index contributed by atoms with van der Waals surface area (Å²) < 4.78 is 7.42. The number of thiophene rings is 1. The highest BCUT2D eigenvalue weighted by Gasteiger charge is 2.22. The van der Waals surface area contributed by atoms with Gasteiger partial charge in [-0.05, 0) is 49.1 Å². The number of benzene rings is 2. The van der Waals surface area contributed by atoms with Gasteiger partial charge in [0, 0.05) is 16.1 Å². The zero-order valence-corrected chi connectivity index (χ0v) is 20.1. The Labute approximate surface area is 203 Å². The van der Waals surface area contributed by atoms with Crippen molar-refractivity contribution in [3.63, 3.8) is 0 Å². The summed E-state index contributed by atoms with van der Waals surface area (Å²) in [5, 5.41) is 10.5. The Morgan fingerprint density at radius 2 is 2.00 bits per heavy atom. The van der Waals surface area contributed by atoms with Crippen molar-refractivity contribution in [3.05, 3.63) is 81.2 Å². The maximum atomic E-state index is 12.8. The smallest absolute Gasteiger partial charge is 0.259 e. The van der Waals surface area contributed by atoms with Crippen molar-refractivity contribution in [2.24, 2.45) is 0 Å². The van der Waals surface area contributed by atoms with Crippen molar-refractivity contribution in [1.82, 2.24) is 24.7 Å². The molecule has 6 rings (SSSR count). The molecule has 170 valence electrons. The number of thioether (sulfide) groups is 1. The first-order valence-electron chi connectivity index (χ1n) is 11.0. The van der Waals surface area contributed by atoms with Crippen LogP contribution in [0.25, 0.3) is 27.3 Å². The average Bonchev–Trinajstić information content (AvgIpc) is 3.57. The van der Waals surface area contributed by atoms with Crippen LogP contribution in [0.4, 0.5) is 0 Å². The molecule has 1 N–H and O–H groups in total. The third kappa shape index (κ3) is 3.70. The van der Waals surface area contributed by atoms with Crippen molar-refractivity contribution in [1.29, 1.82) is 0 Å². The van der Waals surface area contributed by atoms with E-state index in [2.05, 4.69) is 15.2 Å². The number of aryl methyl sites for hydroxylation is 2. The van der Waals surface area contributed by atoms with Gasteiger partial charge >= 0.3 is 0 Å². The number of fused-ring (bicyclic) bond motifs is 3. The Bertz CT molecular complexity index is 1560. The molecule has 0 saturated carbocycles.